The van der Waals surface area contributed by atoms with Gasteiger partial charge >= 0.3 is 0 Å². The van der Waals surface area contributed by atoms with E-state index in [1.165, 1.54) is 4.90 Å². The molecule has 0 unspecified atom stereocenters. The Bertz CT molecular complexity index is 852. The van der Waals surface area contributed by atoms with Gasteiger partial charge in [-0.2, -0.15) is 0 Å². The number of benzene rings is 1. The van der Waals surface area contributed by atoms with Gasteiger partial charge in [-0.3, -0.25) is 9.59 Å². The van der Waals surface area contributed by atoms with Crippen LogP contribution in [0.25, 0.3) is 5.76 Å². The predicted molar refractivity (Wildman–Crippen MR) is 97.5 cm³/mol. The minimum Gasteiger partial charge on any atom is -0.507 e. The number of aliphatic hydroxyl groups excluding tert-OH is 1. The summed E-state index contributed by atoms with van der Waals surface area (Å²) in [5, 5.41) is 10.8. The van der Waals surface area contributed by atoms with Gasteiger partial charge in [0.25, 0.3) is 11.7 Å². The second-order valence-corrected chi connectivity index (χ2v) is 6.61. The van der Waals surface area contributed by atoms with Crippen molar-refractivity contribution in [3.05, 3.63) is 65.1 Å². The maximum absolute atomic E-state index is 12.7. The highest BCUT2D eigenvalue weighted by Gasteiger charge is 2.47. The Morgan fingerprint density at radius 3 is 2.42 bits per heavy atom. The van der Waals surface area contributed by atoms with E-state index in [0.717, 1.165) is 0 Å². The third kappa shape index (κ3) is 3.28. The lowest BCUT2D eigenvalue weighted by atomic mass is 9.99. The Morgan fingerprint density at radius 2 is 1.85 bits per heavy atom. The fraction of sp³-hybridized carbons (Fsp3) is 0.300. The van der Waals surface area contributed by atoms with E-state index in [1.54, 1.807) is 43.3 Å². The quantitative estimate of drug-likeness (QED) is 0.507. The van der Waals surface area contributed by atoms with Crippen LogP contribution < -0.4 is 0 Å². The number of hydrogen-bond acceptors (Lipinski definition) is 5. The summed E-state index contributed by atoms with van der Waals surface area (Å²) in [5.74, 6) is -0.348. The van der Waals surface area contributed by atoms with E-state index >= 15 is 0 Å². The number of carbonyl (C=O) groups is 2. The van der Waals surface area contributed by atoms with E-state index in [2.05, 4.69) is 0 Å². The first-order valence-electron chi connectivity index (χ1n) is 8.45. The Kier molecular flexibility index (Phi) is 4.95. The molecule has 1 aromatic carbocycles. The number of Topliss-reactive ketones (excluding diaryl/α,β-unsaturated/α-hetero) is 1. The Hall–Kier alpha value is -2.86. The molecule has 136 valence electrons. The van der Waals surface area contributed by atoms with Crippen molar-refractivity contribution in [2.45, 2.75) is 13.0 Å². The number of furan rings is 1. The largest absolute Gasteiger partial charge is 0.507 e. The van der Waals surface area contributed by atoms with E-state index in [-0.39, 0.29) is 11.3 Å². The molecule has 3 rings (SSSR count). The number of amides is 1. The van der Waals surface area contributed by atoms with Crippen LogP contribution in [0.2, 0.25) is 0 Å². The van der Waals surface area contributed by atoms with Crippen LogP contribution >= 0.6 is 0 Å². The summed E-state index contributed by atoms with van der Waals surface area (Å²) in [6.07, 6.45) is 0. The molecule has 0 saturated carbocycles. The van der Waals surface area contributed by atoms with Gasteiger partial charge in [-0.05, 0) is 33.2 Å². The lowest BCUT2D eigenvalue weighted by molar-refractivity contribution is -0.140. The second kappa shape index (κ2) is 7.17. The number of aryl methyl sites for hydroxylation is 1. The van der Waals surface area contributed by atoms with E-state index in [4.69, 9.17) is 4.42 Å². The van der Waals surface area contributed by atoms with Crippen LogP contribution in [-0.2, 0) is 9.59 Å². The third-order valence-corrected chi connectivity index (χ3v) is 4.41. The Balaban J connectivity index is 2.11. The predicted octanol–water partition coefficient (Wildman–Crippen LogP) is 2.57. The van der Waals surface area contributed by atoms with Crippen LogP contribution in [0.3, 0.4) is 0 Å². The normalized spacial score (nSPS) is 19.5. The van der Waals surface area contributed by atoms with Gasteiger partial charge in [-0.15, -0.1) is 0 Å². The molecule has 1 aliphatic heterocycles. The molecule has 6 nitrogen and oxygen atoms in total. The highest BCUT2D eigenvalue weighted by atomic mass is 16.3. The molecule has 0 aliphatic carbocycles. The summed E-state index contributed by atoms with van der Waals surface area (Å²) in [7, 11) is 3.79. The van der Waals surface area contributed by atoms with Gasteiger partial charge in [0.2, 0.25) is 0 Å². The molecular formula is C20H22N2O4. The minimum atomic E-state index is -0.733. The zero-order chi connectivity index (χ0) is 18.8. The fourth-order valence-electron chi connectivity index (χ4n) is 3.07. The number of likely N-dealkylation sites (N-methyl/N-ethyl adjacent to an activating group) is 1. The zero-order valence-corrected chi connectivity index (χ0v) is 15.1. The maximum Gasteiger partial charge on any atom is 0.295 e. The average Bonchev–Trinajstić information content (AvgIpc) is 3.15. The van der Waals surface area contributed by atoms with Crippen molar-refractivity contribution in [2.75, 3.05) is 27.2 Å². The van der Waals surface area contributed by atoms with Crippen LogP contribution in [-0.4, -0.2) is 53.8 Å². The van der Waals surface area contributed by atoms with Crippen LogP contribution in [0.15, 0.2) is 52.5 Å². The number of nitrogens with zero attached hydrogens (tertiary/aromatic N) is 2. The molecule has 1 aromatic heterocycles. The molecule has 26 heavy (non-hydrogen) atoms. The second-order valence-electron chi connectivity index (χ2n) is 6.61. The summed E-state index contributed by atoms with van der Waals surface area (Å²) in [6, 6.07) is 11.5. The van der Waals surface area contributed by atoms with Gasteiger partial charge in [-0.1, -0.05) is 30.3 Å². The standard InChI is InChI=1S/C20H22N2O4/c1-13-9-10-15(26-13)17-16(18(23)14-7-5-4-6-8-14)19(24)20(25)22(17)12-11-21(2)3/h4-10,17,23H,11-12H2,1-3H3/b18-16+/t17-/m0/s1. The first-order chi connectivity index (χ1) is 12.4. The first-order valence-corrected chi connectivity index (χ1v) is 8.45. The maximum atomic E-state index is 12.7. The fourth-order valence-corrected chi connectivity index (χ4v) is 3.07. The molecule has 1 atom stereocenters. The molecule has 1 amide bonds. The molecule has 1 N–H and O–H groups in total. The van der Waals surface area contributed by atoms with Crippen molar-refractivity contribution < 1.29 is 19.1 Å². The smallest absolute Gasteiger partial charge is 0.295 e. The molecule has 6 heteroatoms. The van der Waals surface area contributed by atoms with E-state index < -0.39 is 17.7 Å². The summed E-state index contributed by atoms with van der Waals surface area (Å²) in [6.45, 7) is 2.74. The highest BCUT2D eigenvalue weighted by molar-refractivity contribution is 6.46. The van der Waals surface area contributed by atoms with Crippen molar-refractivity contribution in [2.24, 2.45) is 0 Å². The lowest BCUT2D eigenvalue weighted by Gasteiger charge is -2.24. The van der Waals surface area contributed by atoms with Gasteiger partial charge < -0.3 is 19.3 Å². The Labute approximate surface area is 152 Å². The van der Waals surface area contributed by atoms with E-state index in [9.17, 15) is 14.7 Å². The van der Waals surface area contributed by atoms with Gasteiger partial charge in [0, 0.05) is 18.7 Å². The van der Waals surface area contributed by atoms with Crippen LogP contribution in [0.4, 0.5) is 0 Å². The number of carbonyl (C=O) groups excluding carboxylic acids is 2. The van der Waals surface area contributed by atoms with Crippen molar-refractivity contribution in [3.63, 3.8) is 0 Å². The van der Waals surface area contributed by atoms with Crippen LogP contribution in [0, 0.1) is 6.92 Å². The monoisotopic (exact) mass is 354 g/mol. The van der Waals surface area contributed by atoms with Crippen molar-refractivity contribution in [1.82, 2.24) is 9.80 Å². The average molecular weight is 354 g/mol. The van der Waals surface area contributed by atoms with Crippen LogP contribution in [0.5, 0.6) is 0 Å². The number of ketones is 1. The molecule has 1 fully saturated rings. The summed E-state index contributed by atoms with van der Waals surface area (Å²) in [5.41, 5.74) is 0.556. The minimum absolute atomic E-state index is 0.0642. The third-order valence-electron chi connectivity index (χ3n) is 4.41. The molecule has 0 bridgehead atoms. The summed E-state index contributed by atoms with van der Waals surface area (Å²) >= 11 is 0. The number of rotatable bonds is 5. The molecule has 2 heterocycles. The topological polar surface area (TPSA) is 74.0 Å². The SMILES string of the molecule is Cc1ccc([C@H]2/C(=C(\O)c3ccccc3)C(=O)C(=O)N2CCN(C)C)o1. The molecule has 0 spiro atoms. The van der Waals surface area contributed by atoms with Crippen molar-refractivity contribution in [1.29, 1.82) is 0 Å². The molecule has 1 saturated heterocycles. The molecular weight excluding hydrogens is 332 g/mol. The van der Waals surface area contributed by atoms with E-state index in [0.29, 0.717) is 30.2 Å². The number of aliphatic hydroxyl groups is 1. The zero-order valence-electron chi connectivity index (χ0n) is 15.1. The lowest BCUT2D eigenvalue weighted by Crippen LogP contribution is -2.35. The van der Waals surface area contributed by atoms with Gasteiger partial charge in [0.15, 0.2) is 0 Å². The van der Waals surface area contributed by atoms with E-state index in [1.807, 2.05) is 25.1 Å². The van der Waals surface area contributed by atoms with Crippen molar-refractivity contribution >= 4 is 17.4 Å². The highest BCUT2D eigenvalue weighted by Crippen LogP contribution is 2.39. The van der Waals surface area contributed by atoms with Gasteiger partial charge in [-0.25, -0.2) is 0 Å². The molecule has 1 aliphatic rings. The molecule has 0 radical (unpaired) electrons. The number of hydrogen-bond donors (Lipinski definition) is 1. The Morgan fingerprint density at radius 1 is 1.15 bits per heavy atom. The van der Waals surface area contributed by atoms with Gasteiger partial charge in [0.05, 0.1) is 5.57 Å². The number of likely N-dealkylation sites (tertiary alicyclic amines) is 1. The summed E-state index contributed by atoms with van der Waals surface area (Å²) < 4.78 is 5.71. The van der Waals surface area contributed by atoms with Gasteiger partial charge in [0.1, 0.15) is 23.3 Å². The molecule has 2 aromatic rings. The first kappa shape index (κ1) is 17.9. The van der Waals surface area contributed by atoms with Crippen LogP contribution in [0.1, 0.15) is 23.1 Å². The van der Waals surface area contributed by atoms with Crippen molar-refractivity contribution in [3.8, 4) is 0 Å². The summed E-state index contributed by atoms with van der Waals surface area (Å²) in [4.78, 5) is 28.7.